The van der Waals surface area contributed by atoms with E-state index in [2.05, 4.69) is 4.98 Å². The van der Waals surface area contributed by atoms with Crippen LogP contribution in [0.4, 0.5) is 0 Å². The van der Waals surface area contributed by atoms with Crippen LogP contribution in [0.2, 0.25) is 0 Å². The van der Waals surface area contributed by atoms with E-state index in [0.717, 1.165) is 18.1 Å². The van der Waals surface area contributed by atoms with Gasteiger partial charge < -0.3 is 10.2 Å². The zero-order valence-electron chi connectivity index (χ0n) is 10.0. The van der Waals surface area contributed by atoms with E-state index in [0.29, 0.717) is 0 Å². The van der Waals surface area contributed by atoms with Crippen molar-refractivity contribution in [1.82, 2.24) is 4.98 Å². The molecule has 2 rings (SSSR count). The number of carboxylic acid groups (broad SMARTS) is 1. The Morgan fingerprint density at radius 3 is 2.00 bits per heavy atom. The van der Waals surface area contributed by atoms with Crippen LogP contribution in [-0.4, -0.2) is 21.2 Å². The molecule has 0 amide bonds. The monoisotopic (exact) mass is 245 g/mol. The molecule has 4 nitrogen and oxygen atoms in total. The van der Waals surface area contributed by atoms with Gasteiger partial charge in [-0.15, -0.1) is 0 Å². The molecule has 0 radical (unpaired) electrons. The van der Waals surface area contributed by atoms with Gasteiger partial charge in [-0.3, -0.25) is 9.78 Å². The molecule has 0 saturated heterocycles. The summed E-state index contributed by atoms with van der Waals surface area (Å²) in [5.74, 6) is -0.833. The fourth-order valence-corrected chi connectivity index (χ4v) is 1.37. The molecule has 1 aromatic carbocycles. The predicted molar refractivity (Wildman–Crippen MR) is 68.1 cm³/mol. The lowest BCUT2D eigenvalue weighted by Gasteiger charge is -2.10. The lowest BCUT2D eigenvalue weighted by Crippen LogP contribution is -1.98. The largest absolute Gasteiger partial charge is 0.481 e. The standard InChI is InChI=1S/C12H11NO.C2H4O2/c14-12(10-4-2-1-3-5-10)11-6-8-13-9-7-11;1-2(3)4/h1-9,12,14H;1H3,(H,3,4). The van der Waals surface area contributed by atoms with Crippen LogP contribution in [0.1, 0.15) is 24.2 Å². The van der Waals surface area contributed by atoms with E-state index in [9.17, 15) is 5.11 Å². The molecule has 2 N–H and O–H groups in total. The summed E-state index contributed by atoms with van der Waals surface area (Å²) in [4.78, 5) is 12.9. The minimum Gasteiger partial charge on any atom is -0.481 e. The van der Waals surface area contributed by atoms with E-state index in [1.807, 2.05) is 42.5 Å². The van der Waals surface area contributed by atoms with Crippen molar-refractivity contribution in [2.45, 2.75) is 13.0 Å². The second-order valence-electron chi connectivity index (χ2n) is 3.61. The minimum atomic E-state index is -0.833. The van der Waals surface area contributed by atoms with Crippen molar-refractivity contribution in [2.75, 3.05) is 0 Å². The number of benzene rings is 1. The highest BCUT2D eigenvalue weighted by Crippen LogP contribution is 2.20. The molecule has 1 atom stereocenters. The molecule has 0 saturated carbocycles. The van der Waals surface area contributed by atoms with Crippen LogP contribution in [0, 0.1) is 0 Å². The molecule has 0 aliphatic rings. The van der Waals surface area contributed by atoms with E-state index in [1.54, 1.807) is 12.4 Å². The highest BCUT2D eigenvalue weighted by molar-refractivity contribution is 5.62. The van der Waals surface area contributed by atoms with Crippen molar-refractivity contribution >= 4 is 5.97 Å². The second-order valence-corrected chi connectivity index (χ2v) is 3.61. The summed E-state index contributed by atoms with van der Waals surface area (Å²) in [7, 11) is 0. The first kappa shape index (κ1) is 13.9. The van der Waals surface area contributed by atoms with Crippen LogP contribution in [0.15, 0.2) is 54.9 Å². The molecular weight excluding hydrogens is 230 g/mol. The maximum atomic E-state index is 9.96. The summed E-state index contributed by atoms with van der Waals surface area (Å²) in [6.07, 6.45) is 2.81. The van der Waals surface area contributed by atoms with Crippen molar-refractivity contribution in [3.05, 3.63) is 66.0 Å². The van der Waals surface area contributed by atoms with E-state index >= 15 is 0 Å². The van der Waals surface area contributed by atoms with Crippen molar-refractivity contribution < 1.29 is 15.0 Å². The Labute approximate surface area is 106 Å². The van der Waals surface area contributed by atoms with Gasteiger partial charge in [-0.25, -0.2) is 0 Å². The smallest absolute Gasteiger partial charge is 0.300 e. The number of aliphatic hydroxyl groups is 1. The fourth-order valence-electron chi connectivity index (χ4n) is 1.37. The van der Waals surface area contributed by atoms with E-state index in [4.69, 9.17) is 9.90 Å². The number of carbonyl (C=O) groups is 1. The highest BCUT2D eigenvalue weighted by atomic mass is 16.4. The molecule has 0 aliphatic heterocycles. The summed E-state index contributed by atoms with van der Waals surface area (Å²) in [6, 6.07) is 13.2. The number of pyridine rings is 1. The second kappa shape index (κ2) is 7.19. The first-order valence-electron chi connectivity index (χ1n) is 5.43. The van der Waals surface area contributed by atoms with Crippen LogP contribution < -0.4 is 0 Å². The number of aliphatic carboxylic acids is 1. The van der Waals surface area contributed by atoms with E-state index in [-0.39, 0.29) is 0 Å². The lowest BCUT2D eigenvalue weighted by atomic mass is 10.0. The van der Waals surface area contributed by atoms with Gasteiger partial charge in [-0.1, -0.05) is 30.3 Å². The van der Waals surface area contributed by atoms with Crippen molar-refractivity contribution in [1.29, 1.82) is 0 Å². The highest BCUT2D eigenvalue weighted by Gasteiger charge is 2.08. The zero-order valence-corrected chi connectivity index (χ0v) is 10.0. The van der Waals surface area contributed by atoms with Crippen molar-refractivity contribution in [3.8, 4) is 0 Å². The van der Waals surface area contributed by atoms with Gasteiger partial charge in [0.2, 0.25) is 0 Å². The van der Waals surface area contributed by atoms with Gasteiger partial charge in [0, 0.05) is 19.3 Å². The molecule has 0 spiro atoms. The zero-order chi connectivity index (χ0) is 13.4. The van der Waals surface area contributed by atoms with Gasteiger partial charge in [0.05, 0.1) is 0 Å². The number of nitrogens with zero attached hydrogens (tertiary/aromatic N) is 1. The number of rotatable bonds is 2. The van der Waals surface area contributed by atoms with Gasteiger partial charge in [0.25, 0.3) is 5.97 Å². The minimum absolute atomic E-state index is 0.556. The summed E-state index contributed by atoms with van der Waals surface area (Å²) in [5, 5.41) is 17.4. The van der Waals surface area contributed by atoms with Gasteiger partial charge in [0.15, 0.2) is 0 Å². The average molecular weight is 245 g/mol. The molecule has 18 heavy (non-hydrogen) atoms. The normalized spacial score (nSPS) is 11.0. The third-order valence-electron chi connectivity index (χ3n) is 2.14. The first-order chi connectivity index (χ1) is 8.61. The van der Waals surface area contributed by atoms with Gasteiger partial charge in [0.1, 0.15) is 6.10 Å². The van der Waals surface area contributed by atoms with E-state index in [1.165, 1.54) is 0 Å². The molecule has 94 valence electrons. The molecule has 2 aromatic rings. The molecule has 0 bridgehead atoms. The van der Waals surface area contributed by atoms with Crippen LogP contribution in [-0.2, 0) is 4.79 Å². The van der Waals surface area contributed by atoms with Gasteiger partial charge in [-0.2, -0.15) is 0 Å². The molecule has 4 heteroatoms. The summed E-state index contributed by atoms with van der Waals surface area (Å²) >= 11 is 0. The third kappa shape index (κ3) is 4.76. The summed E-state index contributed by atoms with van der Waals surface area (Å²) in [6.45, 7) is 1.08. The Morgan fingerprint density at radius 2 is 1.50 bits per heavy atom. The fraction of sp³-hybridized carbons (Fsp3) is 0.143. The quantitative estimate of drug-likeness (QED) is 0.851. The predicted octanol–water partition coefficient (Wildman–Crippen LogP) is 2.25. The first-order valence-corrected chi connectivity index (χ1v) is 5.43. The van der Waals surface area contributed by atoms with Crippen molar-refractivity contribution in [2.24, 2.45) is 0 Å². The number of aromatic nitrogens is 1. The topological polar surface area (TPSA) is 70.4 Å². The maximum Gasteiger partial charge on any atom is 0.300 e. The number of carboxylic acids is 1. The van der Waals surface area contributed by atoms with E-state index < -0.39 is 12.1 Å². The molecule has 0 fully saturated rings. The van der Waals surface area contributed by atoms with Gasteiger partial charge in [-0.05, 0) is 23.3 Å². The van der Waals surface area contributed by atoms with Gasteiger partial charge >= 0.3 is 0 Å². The van der Waals surface area contributed by atoms with Crippen LogP contribution in [0.5, 0.6) is 0 Å². The molecular formula is C14H15NO3. The molecule has 0 aliphatic carbocycles. The Balaban J connectivity index is 0.000000357. The number of hydrogen-bond donors (Lipinski definition) is 2. The van der Waals surface area contributed by atoms with Crippen molar-refractivity contribution in [3.63, 3.8) is 0 Å². The summed E-state index contributed by atoms with van der Waals surface area (Å²) in [5.41, 5.74) is 1.77. The van der Waals surface area contributed by atoms with Crippen LogP contribution in [0.3, 0.4) is 0 Å². The maximum absolute atomic E-state index is 9.96. The Hall–Kier alpha value is -2.20. The SMILES string of the molecule is CC(=O)O.OC(c1ccccc1)c1ccncc1. The number of aliphatic hydroxyl groups excluding tert-OH is 1. The Morgan fingerprint density at radius 1 is 1.06 bits per heavy atom. The Bertz CT molecular complexity index is 427. The lowest BCUT2D eigenvalue weighted by molar-refractivity contribution is -0.134. The molecule has 1 aromatic heterocycles. The summed E-state index contributed by atoms with van der Waals surface area (Å²) < 4.78 is 0. The van der Waals surface area contributed by atoms with Crippen LogP contribution in [0.25, 0.3) is 0 Å². The van der Waals surface area contributed by atoms with Crippen LogP contribution >= 0.6 is 0 Å². The molecule has 1 heterocycles. The third-order valence-corrected chi connectivity index (χ3v) is 2.14. The Kier molecular flexibility index (Phi) is 5.54. The molecule has 1 unspecified atom stereocenters. The average Bonchev–Trinajstić information content (AvgIpc) is 2.39. The number of hydrogen-bond acceptors (Lipinski definition) is 3.